The molecule has 7 heteroatoms. The lowest BCUT2D eigenvalue weighted by molar-refractivity contribution is 0.586. The smallest absolute Gasteiger partial charge is 0.214 e. The molecule has 4 nitrogen and oxygen atoms in total. The number of hydrogen-bond acceptors (Lipinski definition) is 3. The normalized spacial score (nSPS) is 11.6. The second-order valence-corrected chi connectivity index (χ2v) is 4.68. The fourth-order valence-electron chi connectivity index (χ4n) is 1.32. The van der Waals surface area contributed by atoms with Gasteiger partial charge in [-0.15, -0.1) is 0 Å². The van der Waals surface area contributed by atoms with Gasteiger partial charge in [-0.2, -0.15) is 9.65 Å². The summed E-state index contributed by atoms with van der Waals surface area (Å²) in [7, 11) is -1.76. The first kappa shape index (κ1) is 13.1. The first-order valence-corrected chi connectivity index (χ1v) is 6.26. The Labute approximate surface area is 110 Å². The number of pyridine rings is 1. The predicted molar refractivity (Wildman–Crippen MR) is 65.3 cm³/mol. The summed E-state index contributed by atoms with van der Waals surface area (Å²) in [6.45, 7) is 0. The highest BCUT2D eigenvalue weighted by molar-refractivity contribution is 7.86. The van der Waals surface area contributed by atoms with E-state index in [2.05, 4.69) is 9.71 Å². The summed E-state index contributed by atoms with van der Waals surface area (Å²) < 4.78 is 40.3. The van der Waals surface area contributed by atoms with Gasteiger partial charge in [0.1, 0.15) is 17.7 Å². The quantitative estimate of drug-likeness (QED) is 0.877. The summed E-state index contributed by atoms with van der Waals surface area (Å²) in [4.78, 5) is 3.69. The molecule has 0 saturated carbocycles. The first-order valence-electron chi connectivity index (χ1n) is 5.11. The summed E-state index contributed by atoms with van der Waals surface area (Å²) in [5.74, 6) is -1.31. The number of nitriles is 1. The Morgan fingerprint density at radius 3 is 2.74 bits per heavy atom. The number of nitrogens with zero attached hydrogens (tertiary/aromatic N) is 2. The van der Waals surface area contributed by atoms with Crippen molar-refractivity contribution in [3.63, 3.8) is 0 Å². The van der Waals surface area contributed by atoms with Gasteiger partial charge in [-0.05, 0) is 30.3 Å². The maximum absolute atomic E-state index is 13.1. The third-order valence-electron chi connectivity index (χ3n) is 2.18. The molecule has 1 N–H and O–H groups in total. The highest BCUT2D eigenvalue weighted by Gasteiger charge is 2.09. The highest BCUT2D eigenvalue weighted by atomic mass is 32.2. The second-order valence-electron chi connectivity index (χ2n) is 3.47. The van der Waals surface area contributed by atoms with Crippen LogP contribution in [-0.2, 0) is 11.0 Å². The fraction of sp³-hybridized carbons (Fsp3) is 0. The van der Waals surface area contributed by atoms with E-state index >= 15 is 0 Å². The van der Waals surface area contributed by atoms with Crippen LogP contribution in [0, 0.1) is 23.1 Å². The molecule has 1 atom stereocenters. The number of halogens is 2. The standard InChI is InChI=1S/C12H7F2N3OS/c13-10-5-4-9(6-8(10)7-15)19(18)17-12-3-1-2-11(14)16-12/h1-6H,(H,16,17). The van der Waals surface area contributed by atoms with Crippen molar-refractivity contribution >= 4 is 16.8 Å². The topological polar surface area (TPSA) is 65.8 Å². The molecule has 0 aliphatic rings. The number of benzene rings is 1. The molecule has 0 spiro atoms. The van der Waals surface area contributed by atoms with E-state index < -0.39 is 22.8 Å². The van der Waals surface area contributed by atoms with E-state index in [9.17, 15) is 13.0 Å². The Kier molecular flexibility index (Phi) is 3.82. The largest absolute Gasteiger partial charge is 0.285 e. The Bertz CT molecular complexity index is 685. The van der Waals surface area contributed by atoms with Crippen molar-refractivity contribution in [1.29, 1.82) is 5.26 Å². The number of aromatic nitrogens is 1. The number of hydrogen-bond donors (Lipinski definition) is 1. The average Bonchev–Trinajstić information content (AvgIpc) is 2.39. The van der Waals surface area contributed by atoms with Crippen LogP contribution in [0.4, 0.5) is 14.6 Å². The highest BCUT2D eigenvalue weighted by Crippen LogP contribution is 2.15. The minimum absolute atomic E-state index is 0.0844. The summed E-state index contributed by atoms with van der Waals surface area (Å²) in [5.41, 5.74) is -0.208. The molecule has 1 aromatic heterocycles. The second kappa shape index (κ2) is 5.54. The number of anilines is 1. The molecule has 1 heterocycles. The van der Waals surface area contributed by atoms with Crippen molar-refractivity contribution in [3.8, 4) is 6.07 Å². The Hall–Kier alpha value is -2.33. The lowest BCUT2D eigenvalue weighted by atomic mass is 10.2. The van der Waals surface area contributed by atoms with E-state index in [0.717, 1.165) is 18.2 Å². The molecule has 0 aliphatic heterocycles. The molecule has 1 unspecified atom stereocenters. The van der Waals surface area contributed by atoms with Crippen LogP contribution >= 0.6 is 0 Å². The Morgan fingerprint density at radius 2 is 2.05 bits per heavy atom. The van der Waals surface area contributed by atoms with Crippen LogP contribution in [0.3, 0.4) is 0 Å². The maximum atomic E-state index is 13.1. The molecule has 0 radical (unpaired) electrons. The molecule has 0 fully saturated rings. The molecular formula is C12H7F2N3OS. The molecule has 2 rings (SSSR count). The zero-order valence-corrected chi connectivity index (χ0v) is 10.2. The van der Waals surface area contributed by atoms with Crippen LogP contribution in [0.2, 0.25) is 0 Å². The van der Waals surface area contributed by atoms with Crippen molar-refractivity contribution in [3.05, 3.63) is 53.7 Å². The third-order valence-corrected chi connectivity index (χ3v) is 3.26. The monoisotopic (exact) mass is 279 g/mol. The average molecular weight is 279 g/mol. The maximum Gasteiger partial charge on any atom is 0.214 e. The zero-order valence-electron chi connectivity index (χ0n) is 9.43. The van der Waals surface area contributed by atoms with Crippen LogP contribution in [0.15, 0.2) is 41.3 Å². The molecule has 96 valence electrons. The van der Waals surface area contributed by atoms with Gasteiger partial charge in [0.05, 0.1) is 10.5 Å². The summed E-state index contributed by atoms with van der Waals surface area (Å²) in [6.07, 6.45) is 0. The minimum atomic E-state index is -1.76. The SMILES string of the molecule is N#Cc1cc(S(=O)Nc2cccc(F)n2)ccc1F. The number of rotatable bonds is 3. The Morgan fingerprint density at radius 1 is 1.26 bits per heavy atom. The lowest BCUT2D eigenvalue weighted by Crippen LogP contribution is -2.07. The zero-order chi connectivity index (χ0) is 13.8. The van der Waals surface area contributed by atoms with E-state index in [0.29, 0.717) is 0 Å². The van der Waals surface area contributed by atoms with Crippen molar-refractivity contribution in [1.82, 2.24) is 4.98 Å². The van der Waals surface area contributed by atoms with E-state index in [-0.39, 0.29) is 16.3 Å². The van der Waals surface area contributed by atoms with Gasteiger partial charge in [-0.1, -0.05) is 6.07 Å². The van der Waals surface area contributed by atoms with Crippen LogP contribution in [0.5, 0.6) is 0 Å². The molecule has 0 amide bonds. The molecule has 0 bridgehead atoms. The van der Waals surface area contributed by atoms with Crippen LogP contribution in [0.1, 0.15) is 5.56 Å². The predicted octanol–water partition coefficient (Wildman–Crippen LogP) is 2.37. The molecule has 1 aromatic carbocycles. The van der Waals surface area contributed by atoms with Gasteiger partial charge >= 0.3 is 0 Å². The van der Waals surface area contributed by atoms with Crippen molar-refractivity contribution in [2.75, 3.05) is 4.72 Å². The summed E-state index contributed by atoms with van der Waals surface area (Å²) in [5, 5.41) is 8.68. The van der Waals surface area contributed by atoms with Gasteiger partial charge in [0.15, 0.2) is 11.0 Å². The van der Waals surface area contributed by atoms with Gasteiger partial charge in [-0.3, -0.25) is 4.72 Å². The summed E-state index contributed by atoms with van der Waals surface area (Å²) >= 11 is 0. The van der Waals surface area contributed by atoms with Crippen LogP contribution in [-0.4, -0.2) is 9.19 Å². The van der Waals surface area contributed by atoms with Gasteiger partial charge in [-0.25, -0.2) is 13.6 Å². The molecule has 0 aliphatic carbocycles. The third kappa shape index (κ3) is 3.11. The van der Waals surface area contributed by atoms with Gasteiger partial charge in [0, 0.05) is 0 Å². The van der Waals surface area contributed by atoms with E-state index in [1.165, 1.54) is 18.2 Å². The van der Waals surface area contributed by atoms with Crippen molar-refractivity contribution in [2.24, 2.45) is 0 Å². The molecule has 19 heavy (non-hydrogen) atoms. The fourth-order valence-corrected chi connectivity index (χ4v) is 2.16. The van der Waals surface area contributed by atoms with Gasteiger partial charge < -0.3 is 0 Å². The van der Waals surface area contributed by atoms with Gasteiger partial charge in [0.2, 0.25) is 5.95 Å². The van der Waals surface area contributed by atoms with Crippen LogP contribution < -0.4 is 4.72 Å². The minimum Gasteiger partial charge on any atom is -0.285 e. The molecular weight excluding hydrogens is 272 g/mol. The summed E-state index contributed by atoms with van der Waals surface area (Å²) in [6, 6.07) is 9.14. The van der Waals surface area contributed by atoms with Crippen molar-refractivity contribution < 1.29 is 13.0 Å². The molecule has 0 saturated heterocycles. The van der Waals surface area contributed by atoms with Crippen LogP contribution in [0.25, 0.3) is 0 Å². The lowest BCUT2D eigenvalue weighted by Gasteiger charge is -2.05. The van der Waals surface area contributed by atoms with Gasteiger partial charge in [0.25, 0.3) is 0 Å². The number of nitrogens with one attached hydrogen (secondary N) is 1. The van der Waals surface area contributed by atoms with E-state index in [1.54, 1.807) is 6.07 Å². The van der Waals surface area contributed by atoms with Crippen molar-refractivity contribution in [2.45, 2.75) is 4.90 Å². The van der Waals surface area contributed by atoms with E-state index in [1.807, 2.05) is 0 Å². The van der Waals surface area contributed by atoms with E-state index in [4.69, 9.17) is 5.26 Å². The Balaban J connectivity index is 2.23. The first-order chi connectivity index (χ1) is 9.10. The molecule has 2 aromatic rings.